The largest absolute Gasteiger partial charge is 0.480 e. The van der Waals surface area contributed by atoms with Gasteiger partial charge in [0.1, 0.15) is 23.9 Å². The highest BCUT2D eigenvalue weighted by Gasteiger charge is 2.23. The number of carbonyl (C=O) groups is 5. The quantitative estimate of drug-likeness (QED) is 0.207. The monoisotopic (exact) mass is 471 g/mol. The van der Waals surface area contributed by atoms with E-state index in [-0.39, 0.29) is 13.0 Å². The Morgan fingerprint density at radius 1 is 0.909 bits per heavy atom. The molecular weight excluding hydrogens is 441 g/mol. The number of benzene rings is 1. The highest BCUT2D eigenvalue weighted by Crippen LogP contribution is 2.06. The number of hydrogen-bond acceptors (Lipinski definition) is 7. The molecule has 0 heterocycles. The van der Waals surface area contributed by atoms with E-state index in [1.165, 1.54) is 39.0 Å². The molecule has 0 aliphatic rings. The number of nitrogens with one attached hydrogen (secondary N) is 3. The lowest BCUT2D eigenvalue weighted by molar-refractivity contribution is -0.141. The van der Waals surface area contributed by atoms with Gasteiger partial charge in [0.15, 0.2) is 0 Å². The fourth-order valence-corrected chi connectivity index (χ4v) is 2.16. The van der Waals surface area contributed by atoms with Crippen molar-refractivity contribution in [1.82, 2.24) is 16.0 Å². The number of carbonyl (C=O) groups excluding carboxylic acids is 3. The Morgan fingerprint density at radius 2 is 1.42 bits per heavy atom. The van der Waals surface area contributed by atoms with Crippen LogP contribution in [0.25, 0.3) is 0 Å². The maximum absolute atomic E-state index is 13.1. The van der Waals surface area contributed by atoms with Gasteiger partial charge in [0.05, 0.1) is 12.6 Å². The second-order valence-electron chi connectivity index (χ2n) is 7.07. The van der Waals surface area contributed by atoms with Crippen molar-refractivity contribution in [2.75, 3.05) is 6.54 Å². The van der Waals surface area contributed by atoms with Gasteiger partial charge in [-0.05, 0) is 44.9 Å². The third-order valence-electron chi connectivity index (χ3n) is 4.10. The van der Waals surface area contributed by atoms with E-state index in [2.05, 4.69) is 16.0 Å². The Kier molecular flexibility index (Phi) is 12.9. The lowest BCUT2D eigenvalue weighted by Crippen LogP contribution is -2.53. The molecule has 1 rings (SSSR count). The molecule has 0 unspecified atom stereocenters. The lowest BCUT2D eigenvalue weighted by atomic mass is 10.1. The zero-order valence-electron chi connectivity index (χ0n) is 18.5. The maximum Gasteiger partial charge on any atom is 0.325 e. The summed E-state index contributed by atoms with van der Waals surface area (Å²) in [7, 11) is 0. The van der Waals surface area contributed by atoms with E-state index < -0.39 is 59.6 Å². The molecule has 4 atom stereocenters. The van der Waals surface area contributed by atoms with Crippen molar-refractivity contribution < 1.29 is 38.6 Å². The van der Waals surface area contributed by atoms with E-state index in [4.69, 9.17) is 21.7 Å². The molecule has 12 nitrogen and oxygen atoms in total. The molecule has 3 amide bonds. The average Bonchev–Trinajstić information content (AvgIpc) is 2.73. The molecule has 0 aromatic heterocycles. The molecule has 0 aliphatic carbocycles. The number of hydrogen-bond donors (Lipinski definition) is 7. The van der Waals surface area contributed by atoms with E-state index in [0.717, 1.165) is 0 Å². The van der Waals surface area contributed by atoms with Gasteiger partial charge in [0.25, 0.3) is 0 Å². The Labute approximate surface area is 189 Å². The SMILES string of the molecule is C[C@H](NC(=O)CN)C(=O)O.C[C@H](NC(=O)[C@H](C)NC(=O)[C@@H](N)Cc1cccc(F)c1)C(=O)O. The number of aliphatic carboxylic acids is 2. The van der Waals surface area contributed by atoms with Crippen molar-refractivity contribution in [1.29, 1.82) is 0 Å². The predicted octanol–water partition coefficient (Wildman–Crippen LogP) is -1.68. The van der Waals surface area contributed by atoms with Gasteiger partial charge in [-0.2, -0.15) is 0 Å². The molecule has 33 heavy (non-hydrogen) atoms. The standard InChI is InChI=1S/C15H20FN3O4.C5H10N2O3/c1-8(13(20)19-9(2)15(22)23)18-14(21)12(17)7-10-4-3-5-11(16)6-10;1-3(5(9)10)7-4(8)2-6/h3-6,8-9,12H,7,17H2,1-2H3,(H,18,21)(H,19,20)(H,22,23);3H,2,6H2,1H3,(H,7,8)(H,9,10)/t8-,9-,12-;3-/m00/s1. The summed E-state index contributed by atoms with van der Waals surface area (Å²) in [5.41, 5.74) is 11.2. The Morgan fingerprint density at radius 3 is 1.91 bits per heavy atom. The molecular formula is C20H30FN5O7. The highest BCUT2D eigenvalue weighted by atomic mass is 19.1. The first-order valence-corrected chi connectivity index (χ1v) is 9.84. The van der Waals surface area contributed by atoms with Crippen molar-refractivity contribution in [2.45, 2.75) is 51.4 Å². The van der Waals surface area contributed by atoms with Crippen LogP contribution in [0.5, 0.6) is 0 Å². The van der Waals surface area contributed by atoms with Gasteiger partial charge in [-0.3, -0.25) is 24.0 Å². The lowest BCUT2D eigenvalue weighted by Gasteiger charge is -2.18. The van der Waals surface area contributed by atoms with Crippen LogP contribution in [0.2, 0.25) is 0 Å². The minimum Gasteiger partial charge on any atom is -0.480 e. The van der Waals surface area contributed by atoms with Crippen LogP contribution >= 0.6 is 0 Å². The highest BCUT2D eigenvalue weighted by molar-refractivity contribution is 5.91. The molecule has 13 heteroatoms. The third kappa shape index (κ3) is 12.1. The van der Waals surface area contributed by atoms with Crippen molar-refractivity contribution in [3.05, 3.63) is 35.6 Å². The Bertz CT molecular complexity index is 852. The first-order chi connectivity index (χ1) is 15.3. The summed E-state index contributed by atoms with van der Waals surface area (Å²) in [6.07, 6.45) is 0.115. The zero-order chi connectivity index (χ0) is 25.7. The van der Waals surface area contributed by atoms with E-state index in [1.54, 1.807) is 6.07 Å². The van der Waals surface area contributed by atoms with E-state index in [1.807, 2.05) is 0 Å². The van der Waals surface area contributed by atoms with Gasteiger partial charge in [-0.25, -0.2) is 4.39 Å². The van der Waals surface area contributed by atoms with Crippen LogP contribution in [0.3, 0.4) is 0 Å². The number of halogens is 1. The first kappa shape index (κ1) is 29.4. The summed E-state index contributed by atoms with van der Waals surface area (Å²) >= 11 is 0. The Hall–Kier alpha value is -3.58. The zero-order valence-corrected chi connectivity index (χ0v) is 18.5. The summed E-state index contributed by atoms with van der Waals surface area (Å²) < 4.78 is 13.1. The summed E-state index contributed by atoms with van der Waals surface area (Å²) in [4.78, 5) is 54.9. The van der Waals surface area contributed by atoms with Crippen molar-refractivity contribution in [3.8, 4) is 0 Å². The van der Waals surface area contributed by atoms with Crippen molar-refractivity contribution in [3.63, 3.8) is 0 Å². The fourth-order valence-electron chi connectivity index (χ4n) is 2.16. The van der Waals surface area contributed by atoms with Gasteiger partial charge in [0, 0.05) is 0 Å². The van der Waals surface area contributed by atoms with Crippen LogP contribution in [0.15, 0.2) is 24.3 Å². The first-order valence-electron chi connectivity index (χ1n) is 9.84. The summed E-state index contributed by atoms with van der Waals surface area (Å²) in [5.74, 6) is -4.35. The number of carboxylic acid groups (broad SMARTS) is 2. The van der Waals surface area contributed by atoms with Crippen LogP contribution in [0.4, 0.5) is 4.39 Å². The molecule has 0 aliphatic heterocycles. The number of carboxylic acids is 2. The second kappa shape index (κ2) is 14.5. The van der Waals surface area contributed by atoms with Crippen LogP contribution in [-0.2, 0) is 30.4 Å². The van der Waals surface area contributed by atoms with Crippen molar-refractivity contribution >= 4 is 29.7 Å². The maximum atomic E-state index is 13.1. The second-order valence-corrected chi connectivity index (χ2v) is 7.07. The van der Waals surface area contributed by atoms with E-state index >= 15 is 0 Å². The summed E-state index contributed by atoms with van der Waals surface area (Å²) in [5, 5.41) is 23.8. The van der Waals surface area contributed by atoms with Crippen LogP contribution in [0.1, 0.15) is 26.3 Å². The van der Waals surface area contributed by atoms with Gasteiger partial charge in [0.2, 0.25) is 17.7 Å². The van der Waals surface area contributed by atoms with Crippen LogP contribution in [0, 0.1) is 5.82 Å². The van der Waals surface area contributed by atoms with Gasteiger partial charge in [-0.1, -0.05) is 12.1 Å². The topological polar surface area (TPSA) is 214 Å². The third-order valence-corrected chi connectivity index (χ3v) is 4.10. The fraction of sp³-hybridized carbons (Fsp3) is 0.450. The molecule has 9 N–H and O–H groups in total. The number of amides is 3. The molecule has 0 spiro atoms. The minimum absolute atomic E-state index is 0.115. The van der Waals surface area contributed by atoms with Crippen molar-refractivity contribution in [2.24, 2.45) is 11.5 Å². The molecule has 0 bridgehead atoms. The average molecular weight is 471 g/mol. The molecule has 0 radical (unpaired) electrons. The van der Waals surface area contributed by atoms with Gasteiger partial charge >= 0.3 is 11.9 Å². The number of nitrogens with two attached hydrogens (primary N) is 2. The smallest absolute Gasteiger partial charge is 0.325 e. The number of rotatable bonds is 10. The molecule has 0 saturated heterocycles. The summed E-state index contributed by atoms with van der Waals surface area (Å²) in [6, 6.07) is 1.88. The minimum atomic E-state index is -1.18. The molecule has 0 saturated carbocycles. The van der Waals surface area contributed by atoms with Gasteiger partial charge < -0.3 is 37.6 Å². The van der Waals surface area contributed by atoms with Crippen LogP contribution in [-0.4, -0.2) is 70.6 Å². The molecule has 184 valence electrons. The molecule has 1 aromatic carbocycles. The molecule has 1 aromatic rings. The predicted molar refractivity (Wildman–Crippen MR) is 115 cm³/mol. The summed E-state index contributed by atoms with van der Waals surface area (Å²) in [6.45, 7) is 3.91. The normalized spacial score (nSPS) is 13.8. The van der Waals surface area contributed by atoms with Crippen LogP contribution < -0.4 is 27.4 Å². The Balaban J connectivity index is 0.000000861. The molecule has 0 fully saturated rings. The van der Waals surface area contributed by atoms with E-state index in [0.29, 0.717) is 5.56 Å². The van der Waals surface area contributed by atoms with E-state index in [9.17, 15) is 28.4 Å². The van der Waals surface area contributed by atoms with Gasteiger partial charge in [-0.15, -0.1) is 0 Å².